The van der Waals surface area contributed by atoms with Crippen molar-refractivity contribution in [3.8, 4) is 33.6 Å². The second-order valence-corrected chi connectivity index (χ2v) is 14.5. The lowest BCUT2D eigenvalue weighted by Crippen LogP contribution is -1.97. The van der Waals surface area contributed by atoms with Crippen LogP contribution in [-0.4, -0.2) is 9.13 Å². The van der Waals surface area contributed by atoms with E-state index in [9.17, 15) is 0 Å². The van der Waals surface area contributed by atoms with Gasteiger partial charge in [-0.25, -0.2) is 0 Å². The molecule has 0 N–H and O–H groups in total. The standard InChI is InChI=1S/C54H34N2/c1-3-14-35(15-4-1)40-22-11-19-38-32-39(29-30-42(38)40)55-51-31-28-37-18-7-8-20-43(37)54(51)48-33-47-46-21-9-10-26-49(46)56(52(47)34-53(48)55)50-27-13-24-44-41(23-12-25-45(44)50)36-16-5-2-6-17-36/h1-34H/i2D,5D,6D,16D,17D. The van der Waals surface area contributed by atoms with Gasteiger partial charge in [0.15, 0.2) is 0 Å². The van der Waals surface area contributed by atoms with E-state index >= 15 is 0 Å². The van der Waals surface area contributed by atoms with Gasteiger partial charge in [-0.15, -0.1) is 0 Å². The monoisotopic (exact) mass is 715 g/mol. The Morgan fingerprint density at radius 3 is 1.93 bits per heavy atom. The van der Waals surface area contributed by atoms with Gasteiger partial charge in [-0.2, -0.15) is 0 Å². The van der Waals surface area contributed by atoms with E-state index in [1.54, 1.807) is 0 Å². The first-order valence-electron chi connectivity index (χ1n) is 21.4. The molecule has 12 aromatic rings. The van der Waals surface area contributed by atoms with E-state index in [0.717, 1.165) is 60.4 Å². The Bertz CT molecular complexity index is 3800. The Morgan fingerprint density at radius 1 is 0.339 bits per heavy atom. The fourth-order valence-corrected chi connectivity index (χ4v) is 9.16. The Morgan fingerprint density at radius 2 is 1.04 bits per heavy atom. The Hall–Kier alpha value is -7.42. The van der Waals surface area contributed by atoms with Crippen LogP contribution in [0.25, 0.3) is 110 Å². The van der Waals surface area contributed by atoms with Crippen molar-refractivity contribution in [2.24, 2.45) is 0 Å². The molecule has 0 aliphatic carbocycles. The molecule has 2 aromatic heterocycles. The number of fused-ring (bicyclic) bond motifs is 10. The van der Waals surface area contributed by atoms with E-state index in [4.69, 9.17) is 6.85 Å². The highest BCUT2D eigenvalue weighted by atomic mass is 15.0. The van der Waals surface area contributed by atoms with Gasteiger partial charge in [-0.3, -0.25) is 0 Å². The van der Waals surface area contributed by atoms with Crippen LogP contribution >= 0.6 is 0 Å². The van der Waals surface area contributed by atoms with Crippen molar-refractivity contribution in [2.75, 3.05) is 0 Å². The fraction of sp³-hybridized carbons (Fsp3) is 0. The number of hydrogen-bond acceptors (Lipinski definition) is 0. The SMILES string of the molecule is [2H]c1c([2H])c([2H])c(-c2cccc3c(-n4c5ccccc5c5cc6c7c8ccccc8ccc7n(-c7ccc8c(-c9ccccc9)cccc8c7)c6cc54)cccc23)c([2H])c1[2H]. The van der Waals surface area contributed by atoms with E-state index < -0.39 is 6.04 Å². The molecule has 0 unspecified atom stereocenters. The van der Waals surface area contributed by atoms with Crippen molar-refractivity contribution in [3.63, 3.8) is 0 Å². The Kier molecular flexibility index (Phi) is 5.67. The average Bonchev–Trinajstić information content (AvgIpc) is 3.81. The highest BCUT2D eigenvalue weighted by Gasteiger charge is 2.21. The van der Waals surface area contributed by atoms with Gasteiger partial charge >= 0.3 is 0 Å². The molecule has 0 bridgehead atoms. The average molecular weight is 716 g/mol. The van der Waals surface area contributed by atoms with Gasteiger partial charge in [-0.1, -0.05) is 164 Å². The maximum absolute atomic E-state index is 8.84. The van der Waals surface area contributed by atoms with Crippen LogP contribution in [0.2, 0.25) is 0 Å². The second-order valence-electron chi connectivity index (χ2n) is 14.5. The van der Waals surface area contributed by atoms with Gasteiger partial charge in [0.25, 0.3) is 0 Å². The molecule has 2 heteroatoms. The maximum Gasteiger partial charge on any atom is 0.0629 e. The number of aromatic nitrogens is 2. The van der Waals surface area contributed by atoms with Gasteiger partial charge in [0.2, 0.25) is 0 Å². The molecule has 56 heavy (non-hydrogen) atoms. The van der Waals surface area contributed by atoms with Crippen LogP contribution < -0.4 is 0 Å². The summed E-state index contributed by atoms with van der Waals surface area (Å²) in [5.74, 6) is 0. The van der Waals surface area contributed by atoms with E-state index in [0.29, 0.717) is 5.56 Å². The molecule has 0 aliphatic rings. The van der Waals surface area contributed by atoms with Gasteiger partial charge in [0.05, 0.1) is 34.6 Å². The van der Waals surface area contributed by atoms with Crippen LogP contribution in [0.15, 0.2) is 206 Å². The summed E-state index contributed by atoms with van der Waals surface area (Å²) in [4.78, 5) is 0. The van der Waals surface area contributed by atoms with E-state index in [2.05, 4.69) is 161 Å². The summed E-state index contributed by atoms with van der Waals surface area (Å²) in [6, 6.07) is 60.6. The normalized spacial score (nSPS) is 13.2. The third kappa shape index (κ3) is 4.50. The molecule has 0 radical (unpaired) electrons. The number of para-hydroxylation sites is 1. The molecular weight excluding hydrogens is 677 g/mol. The predicted octanol–water partition coefficient (Wildman–Crippen LogP) is 14.7. The zero-order chi connectivity index (χ0) is 41.1. The lowest BCUT2D eigenvalue weighted by molar-refractivity contribution is 1.17. The topological polar surface area (TPSA) is 9.86 Å². The number of rotatable bonds is 4. The second kappa shape index (κ2) is 12.0. The molecular formula is C54H34N2. The van der Waals surface area contributed by atoms with Crippen LogP contribution in [0.5, 0.6) is 0 Å². The lowest BCUT2D eigenvalue weighted by atomic mass is 9.97. The minimum Gasteiger partial charge on any atom is -0.309 e. The summed E-state index contributed by atoms with van der Waals surface area (Å²) in [5.41, 5.74) is 9.49. The van der Waals surface area contributed by atoms with Crippen molar-refractivity contribution in [1.29, 1.82) is 0 Å². The van der Waals surface area contributed by atoms with Crippen molar-refractivity contribution in [1.82, 2.24) is 9.13 Å². The highest BCUT2D eigenvalue weighted by molar-refractivity contribution is 6.25. The zero-order valence-electron chi connectivity index (χ0n) is 35.1. The summed E-state index contributed by atoms with van der Waals surface area (Å²) < 4.78 is 47.5. The van der Waals surface area contributed by atoms with Crippen molar-refractivity contribution < 1.29 is 6.85 Å². The molecule has 2 heterocycles. The van der Waals surface area contributed by atoms with Crippen molar-refractivity contribution in [3.05, 3.63) is 206 Å². The van der Waals surface area contributed by atoms with E-state index in [1.807, 2.05) is 24.3 Å². The molecule has 0 saturated carbocycles. The van der Waals surface area contributed by atoms with Crippen LogP contribution in [0, 0.1) is 0 Å². The van der Waals surface area contributed by atoms with Crippen molar-refractivity contribution >= 4 is 75.9 Å². The highest BCUT2D eigenvalue weighted by Crippen LogP contribution is 2.43. The maximum atomic E-state index is 8.84. The first kappa shape index (κ1) is 26.4. The quantitative estimate of drug-likeness (QED) is 0.172. The van der Waals surface area contributed by atoms with Crippen LogP contribution in [-0.2, 0) is 0 Å². The van der Waals surface area contributed by atoms with Gasteiger partial charge in [0.1, 0.15) is 0 Å². The van der Waals surface area contributed by atoms with E-state index in [1.165, 1.54) is 38.1 Å². The molecule has 10 aromatic carbocycles. The first-order chi connectivity index (χ1) is 29.9. The minimum absolute atomic E-state index is 0.195. The molecule has 0 saturated heterocycles. The van der Waals surface area contributed by atoms with Gasteiger partial charge in [0, 0.05) is 32.6 Å². The predicted molar refractivity (Wildman–Crippen MR) is 239 cm³/mol. The molecule has 0 spiro atoms. The third-order valence-corrected chi connectivity index (χ3v) is 11.6. The molecule has 0 amide bonds. The summed E-state index contributed by atoms with van der Waals surface area (Å²) >= 11 is 0. The smallest absolute Gasteiger partial charge is 0.0629 e. The first-order valence-corrected chi connectivity index (χ1v) is 18.9. The minimum atomic E-state index is -0.401. The van der Waals surface area contributed by atoms with Crippen LogP contribution in [0.4, 0.5) is 0 Å². The zero-order valence-corrected chi connectivity index (χ0v) is 30.1. The van der Waals surface area contributed by atoms with Gasteiger partial charge in [-0.05, 0) is 91.6 Å². The molecule has 0 atom stereocenters. The summed E-state index contributed by atoms with van der Waals surface area (Å²) in [6.45, 7) is 0. The Balaban J connectivity index is 1.17. The summed E-state index contributed by atoms with van der Waals surface area (Å²) in [6.07, 6.45) is 0. The van der Waals surface area contributed by atoms with Crippen molar-refractivity contribution in [2.45, 2.75) is 0 Å². The largest absolute Gasteiger partial charge is 0.309 e. The number of benzene rings is 10. The van der Waals surface area contributed by atoms with Crippen LogP contribution in [0.3, 0.4) is 0 Å². The number of hydrogen-bond donors (Lipinski definition) is 0. The summed E-state index contributed by atoms with van der Waals surface area (Å²) in [7, 11) is 0. The lowest BCUT2D eigenvalue weighted by Gasteiger charge is -2.15. The van der Waals surface area contributed by atoms with Gasteiger partial charge < -0.3 is 9.13 Å². The fourth-order valence-electron chi connectivity index (χ4n) is 9.16. The molecule has 260 valence electrons. The number of nitrogens with zero attached hydrogens (tertiary/aromatic N) is 2. The molecule has 2 nitrogen and oxygen atoms in total. The molecule has 0 aliphatic heterocycles. The Labute approximate surface area is 330 Å². The molecule has 12 rings (SSSR count). The summed E-state index contributed by atoms with van der Waals surface area (Å²) in [5, 5.41) is 11.1. The van der Waals surface area contributed by atoms with E-state index in [-0.39, 0.29) is 29.7 Å². The third-order valence-electron chi connectivity index (χ3n) is 11.6. The molecule has 0 fully saturated rings. The van der Waals surface area contributed by atoms with Crippen LogP contribution in [0.1, 0.15) is 6.85 Å².